The van der Waals surface area contributed by atoms with Gasteiger partial charge in [0.1, 0.15) is 0 Å². The minimum Gasteiger partial charge on any atom is -0.389 e. The lowest BCUT2D eigenvalue weighted by Gasteiger charge is -2.24. The van der Waals surface area contributed by atoms with Crippen LogP contribution in [0.3, 0.4) is 0 Å². The van der Waals surface area contributed by atoms with Crippen molar-refractivity contribution in [1.82, 2.24) is 10.6 Å². The zero-order valence-electron chi connectivity index (χ0n) is 9.38. The van der Waals surface area contributed by atoms with Gasteiger partial charge in [-0.05, 0) is 26.7 Å². The maximum Gasteiger partial charge on any atom is 0.315 e. The van der Waals surface area contributed by atoms with Gasteiger partial charge in [0, 0.05) is 25.8 Å². The molecule has 0 bridgehead atoms. The largest absolute Gasteiger partial charge is 0.389 e. The molecule has 0 aromatic heterocycles. The molecule has 5 nitrogen and oxygen atoms in total. The van der Waals surface area contributed by atoms with Gasteiger partial charge in [0.05, 0.1) is 5.60 Å². The second kappa shape index (κ2) is 5.32. The first kappa shape index (κ1) is 12.3. The third-order valence-electron chi connectivity index (χ3n) is 2.24. The minimum absolute atomic E-state index is 0.195. The average Bonchev–Trinajstić information content (AvgIpc) is 2.15. The Hall–Kier alpha value is -0.810. The van der Waals surface area contributed by atoms with Crippen LogP contribution in [0.2, 0.25) is 0 Å². The fourth-order valence-electron chi connectivity index (χ4n) is 1.37. The summed E-state index contributed by atoms with van der Waals surface area (Å²) in [7, 11) is 0. The van der Waals surface area contributed by atoms with Crippen LogP contribution >= 0.6 is 0 Å². The smallest absolute Gasteiger partial charge is 0.315 e. The predicted molar refractivity (Wildman–Crippen MR) is 56.7 cm³/mol. The van der Waals surface area contributed by atoms with Gasteiger partial charge in [0.2, 0.25) is 0 Å². The first-order chi connectivity index (χ1) is 6.97. The third kappa shape index (κ3) is 5.59. The maximum absolute atomic E-state index is 11.4. The van der Waals surface area contributed by atoms with Crippen LogP contribution in [-0.4, -0.2) is 42.5 Å². The molecule has 0 radical (unpaired) electrons. The molecule has 3 N–H and O–H groups in total. The van der Waals surface area contributed by atoms with E-state index in [1.54, 1.807) is 13.8 Å². The summed E-state index contributed by atoms with van der Waals surface area (Å²) in [6.45, 7) is 4.97. The zero-order chi connectivity index (χ0) is 11.3. The van der Waals surface area contributed by atoms with E-state index in [-0.39, 0.29) is 18.6 Å². The van der Waals surface area contributed by atoms with Crippen molar-refractivity contribution >= 4 is 6.03 Å². The Labute approximate surface area is 90.2 Å². The van der Waals surface area contributed by atoms with Crippen LogP contribution in [0.4, 0.5) is 4.79 Å². The molecule has 1 rings (SSSR count). The van der Waals surface area contributed by atoms with Crippen LogP contribution in [0.1, 0.15) is 26.7 Å². The lowest BCUT2D eigenvalue weighted by atomic mass is 10.1. The molecule has 1 aliphatic rings. The highest BCUT2D eigenvalue weighted by molar-refractivity contribution is 5.74. The Morgan fingerprint density at radius 1 is 1.47 bits per heavy atom. The zero-order valence-corrected chi connectivity index (χ0v) is 9.38. The first-order valence-electron chi connectivity index (χ1n) is 5.32. The summed E-state index contributed by atoms with van der Waals surface area (Å²) in [5.74, 6) is 0. The van der Waals surface area contributed by atoms with E-state index in [1.165, 1.54) is 0 Å². The van der Waals surface area contributed by atoms with E-state index >= 15 is 0 Å². The van der Waals surface area contributed by atoms with Gasteiger partial charge in [0.25, 0.3) is 0 Å². The van der Waals surface area contributed by atoms with Gasteiger partial charge < -0.3 is 20.5 Å². The van der Waals surface area contributed by atoms with Crippen LogP contribution in [0.15, 0.2) is 0 Å². The van der Waals surface area contributed by atoms with Crippen LogP contribution in [0.5, 0.6) is 0 Å². The van der Waals surface area contributed by atoms with Gasteiger partial charge in [-0.15, -0.1) is 0 Å². The Morgan fingerprint density at radius 3 is 2.60 bits per heavy atom. The molecule has 1 aliphatic heterocycles. The highest BCUT2D eigenvalue weighted by atomic mass is 16.5. The van der Waals surface area contributed by atoms with Crippen molar-refractivity contribution in [2.75, 3.05) is 19.8 Å². The van der Waals surface area contributed by atoms with Crippen molar-refractivity contribution in [2.45, 2.75) is 38.3 Å². The van der Waals surface area contributed by atoms with Crippen molar-refractivity contribution in [3.8, 4) is 0 Å². The summed E-state index contributed by atoms with van der Waals surface area (Å²) in [5.41, 5.74) is -0.868. The molecule has 0 atom stereocenters. The molecule has 1 heterocycles. The number of ether oxygens (including phenoxy) is 1. The van der Waals surface area contributed by atoms with Crippen molar-refractivity contribution in [2.24, 2.45) is 0 Å². The van der Waals surface area contributed by atoms with Crippen LogP contribution < -0.4 is 10.6 Å². The van der Waals surface area contributed by atoms with Crippen LogP contribution in [0.25, 0.3) is 0 Å². The Morgan fingerprint density at radius 2 is 2.07 bits per heavy atom. The van der Waals surface area contributed by atoms with Crippen molar-refractivity contribution in [3.05, 3.63) is 0 Å². The predicted octanol–water partition coefficient (Wildman–Crippen LogP) is 0.235. The number of carbonyl (C=O) groups is 1. The molecule has 0 aromatic carbocycles. The molecule has 0 saturated carbocycles. The lowest BCUT2D eigenvalue weighted by molar-refractivity contribution is 0.0749. The number of hydrogen-bond acceptors (Lipinski definition) is 3. The number of rotatable bonds is 3. The van der Waals surface area contributed by atoms with E-state index in [2.05, 4.69) is 10.6 Å². The fourth-order valence-corrected chi connectivity index (χ4v) is 1.37. The molecule has 0 aromatic rings. The van der Waals surface area contributed by atoms with Crippen LogP contribution in [0, 0.1) is 0 Å². The summed E-state index contributed by atoms with van der Waals surface area (Å²) >= 11 is 0. The highest BCUT2D eigenvalue weighted by Crippen LogP contribution is 2.05. The summed E-state index contributed by atoms with van der Waals surface area (Å²) in [6.07, 6.45) is 1.71. The standard InChI is InChI=1S/C10H20N2O3/c1-10(2,14)7-11-9(13)12-8-3-5-15-6-4-8/h8,14H,3-7H2,1-2H3,(H2,11,12,13). The fraction of sp³-hybridized carbons (Fsp3) is 0.900. The topological polar surface area (TPSA) is 70.6 Å². The summed E-state index contributed by atoms with van der Waals surface area (Å²) in [6, 6.07) is -0.0235. The maximum atomic E-state index is 11.4. The van der Waals surface area contributed by atoms with Gasteiger partial charge in [-0.3, -0.25) is 0 Å². The quantitative estimate of drug-likeness (QED) is 0.632. The molecule has 15 heavy (non-hydrogen) atoms. The Bertz CT molecular complexity index is 207. The van der Waals surface area contributed by atoms with Gasteiger partial charge in [-0.1, -0.05) is 0 Å². The molecule has 0 spiro atoms. The molecular formula is C10H20N2O3. The Kier molecular flexibility index (Phi) is 4.35. The normalized spacial score (nSPS) is 18.6. The molecule has 88 valence electrons. The van der Waals surface area contributed by atoms with Crippen molar-refractivity contribution in [3.63, 3.8) is 0 Å². The Balaban J connectivity index is 2.17. The van der Waals surface area contributed by atoms with E-state index in [4.69, 9.17) is 4.74 Å². The first-order valence-corrected chi connectivity index (χ1v) is 5.32. The minimum atomic E-state index is -0.868. The second-order valence-corrected chi connectivity index (χ2v) is 4.53. The van der Waals surface area contributed by atoms with Gasteiger partial charge in [-0.2, -0.15) is 0 Å². The molecule has 0 unspecified atom stereocenters. The average molecular weight is 216 g/mol. The van der Waals surface area contributed by atoms with E-state index < -0.39 is 5.60 Å². The summed E-state index contributed by atoms with van der Waals surface area (Å²) in [5, 5.41) is 14.9. The third-order valence-corrected chi connectivity index (χ3v) is 2.24. The molecule has 2 amide bonds. The van der Waals surface area contributed by atoms with E-state index in [0.717, 1.165) is 12.8 Å². The van der Waals surface area contributed by atoms with Gasteiger partial charge in [-0.25, -0.2) is 4.79 Å². The number of nitrogens with one attached hydrogen (secondary N) is 2. The molecule has 5 heteroatoms. The number of aliphatic hydroxyl groups is 1. The number of hydrogen-bond donors (Lipinski definition) is 3. The highest BCUT2D eigenvalue weighted by Gasteiger charge is 2.18. The van der Waals surface area contributed by atoms with E-state index in [9.17, 15) is 9.90 Å². The summed E-state index contributed by atoms with van der Waals surface area (Å²) < 4.78 is 5.18. The molecule has 1 saturated heterocycles. The monoisotopic (exact) mass is 216 g/mol. The lowest BCUT2D eigenvalue weighted by Crippen LogP contribution is -2.48. The number of urea groups is 1. The van der Waals surface area contributed by atoms with Gasteiger partial charge in [0.15, 0.2) is 0 Å². The molecule has 1 fully saturated rings. The van der Waals surface area contributed by atoms with Gasteiger partial charge >= 0.3 is 6.03 Å². The van der Waals surface area contributed by atoms with Crippen molar-refractivity contribution in [1.29, 1.82) is 0 Å². The molecule has 0 aliphatic carbocycles. The van der Waals surface area contributed by atoms with Crippen LogP contribution in [-0.2, 0) is 4.74 Å². The summed E-state index contributed by atoms with van der Waals surface area (Å²) in [4.78, 5) is 11.4. The molecular weight excluding hydrogens is 196 g/mol. The number of amides is 2. The van der Waals surface area contributed by atoms with Crippen molar-refractivity contribution < 1.29 is 14.6 Å². The number of carbonyl (C=O) groups excluding carboxylic acids is 1. The second-order valence-electron chi connectivity index (χ2n) is 4.53. The SMILES string of the molecule is CC(C)(O)CNC(=O)NC1CCOCC1. The van der Waals surface area contributed by atoms with E-state index in [0.29, 0.717) is 13.2 Å². The van der Waals surface area contributed by atoms with E-state index in [1.807, 2.05) is 0 Å².